The number of hydrogen-bond donors (Lipinski definition) is 0. The van der Waals surface area contributed by atoms with Gasteiger partial charge in [0.15, 0.2) is 0 Å². The second-order valence-corrected chi connectivity index (χ2v) is 4.97. The summed E-state index contributed by atoms with van der Waals surface area (Å²) >= 11 is 0. The highest BCUT2D eigenvalue weighted by molar-refractivity contribution is 5.68. The van der Waals surface area contributed by atoms with E-state index in [9.17, 15) is 0 Å². The average molecular weight is 287 g/mol. The highest BCUT2D eigenvalue weighted by Crippen LogP contribution is 2.23. The minimum Gasteiger partial charge on any atom is -0.264 e. The van der Waals surface area contributed by atoms with Crippen LogP contribution in [0.25, 0.3) is 17.2 Å². The molecule has 0 aliphatic rings. The van der Waals surface area contributed by atoms with Gasteiger partial charge in [0.2, 0.25) is 0 Å². The zero-order valence-electron chi connectivity index (χ0n) is 13.2. The Morgan fingerprint density at radius 3 is 2.77 bits per heavy atom. The van der Waals surface area contributed by atoms with Crippen LogP contribution >= 0.6 is 0 Å². The number of hydrogen-bond acceptors (Lipinski definition) is 1. The fourth-order valence-electron chi connectivity index (χ4n) is 2.22. The number of aromatic nitrogens is 1. The molecule has 0 atom stereocenters. The number of benzene rings is 1. The summed E-state index contributed by atoms with van der Waals surface area (Å²) in [6.07, 6.45) is 14.0. The third-order valence-corrected chi connectivity index (χ3v) is 3.40. The van der Waals surface area contributed by atoms with E-state index in [1.807, 2.05) is 26.1 Å². The summed E-state index contributed by atoms with van der Waals surface area (Å²) in [5.41, 5.74) is 4.82. The van der Waals surface area contributed by atoms with Gasteiger partial charge in [0.25, 0.3) is 0 Å². The summed E-state index contributed by atoms with van der Waals surface area (Å²) in [5, 5.41) is 0. The Hall–Kier alpha value is -2.59. The number of pyridine rings is 1. The van der Waals surface area contributed by atoms with Crippen molar-refractivity contribution in [2.45, 2.75) is 26.7 Å². The van der Waals surface area contributed by atoms with Crippen LogP contribution < -0.4 is 0 Å². The van der Waals surface area contributed by atoms with Crippen LogP contribution in [0.4, 0.5) is 0 Å². The molecule has 22 heavy (non-hydrogen) atoms. The number of allylic oxidation sites excluding steroid dienone is 3. The minimum absolute atomic E-state index is 0.785. The lowest BCUT2D eigenvalue weighted by atomic mass is 9.98. The minimum atomic E-state index is 0.785. The molecule has 1 heteroatoms. The van der Waals surface area contributed by atoms with E-state index in [4.69, 9.17) is 0 Å². The van der Waals surface area contributed by atoms with Gasteiger partial charge in [-0.3, -0.25) is 4.98 Å². The number of nitrogens with zero attached hydrogens (tertiary/aromatic N) is 1. The van der Waals surface area contributed by atoms with E-state index >= 15 is 0 Å². The second-order valence-electron chi connectivity index (χ2n) is 4.97. The quantitative estimate of drug-likeness (QED) is 0.537. The molecule has 0 aliphatic carbocycles. The SMILES string of the molecule is CC#CCc1ccc(-c2cccnc2)cc1/C=C\C/C=C\C. The zero-order chi connectivity index (χ0) is 15.6. The molecular formula is C21H21N. The zero-order valence-corrected chi connectivity index (χ0v) is 13.2. The van der Waals surface area contributed by atoms with Gasteiger partial charge in [-0.1, -0.05) is 48.4 Å². The molecule has 1 heterocycles. The summed E-state index contributed by atoms with van der Waals surface area (Å²) in [5.74, 6) is 6.13. The van der Waals surface area contributed by atoms with E-state index in [1.165, 1.54) is 16.7 Å². The van der Waals surface area contributed by atoms with E-state index in [2.05, 4.69) is 65.4 Å². The predicted octanol–water partition coefficient (Wildman–Crippen LogP) is 5.29. The van der Waals surface area contributed by atoms with Crippen molar-refractivity contribution in [2.75, 3.05) is 0 Å². The molecule has 1 aromatic heterocycles. The standard InChI is InChI=1S/C21H21N/c1-3-5-7-8-11-19-16-20(21-12-9-15-22-17-21)14-13-18(19)10-6-4-2/h3,5,8-9,11-17H,7,10H2,1-2H3/b5-3-,11-8-. The van der Waals surface area contributed by atoms with Crippen LogP contribution in [0.3, 0.4) is 0 Å². The lowest BCUT2D eigenvalue weighted by molar-refractivity contribution is 1.29. The fraction of sp³-hybridized carbons (Fsp3) is 0.190. The normalized spacial score (nSPS) is 10.8. The Kier molecular flexibility index (Phi) is 6.20. The van der Waals surface area contributed by atoms with Crippen molar-refractivity contribution in [1.82, 2.24) is 4.98 Å². The van der Waals surface area contributed by atoms with Crippen LogP contribution in [-0.4, -0.2) is 4.98 Å². The number of rotatable bonds is 5. The molecule has 0 spiro atoms. The van der Waals surface area contributed by atoms with Gasteiger partial charge in [-0.05, 0) is 49.1 Å². The summed E-state index contributed by atoms with van der Waals surface area (Å²) in [6.45, 7) is 3.92. The van der Waals surface area contributed by atoms with Gasteiger partial charge in [-0.25, -0.2) is 0 Å². The maximum absolute atomic E-state index is 4.20. The van der Waals surface area contributed by atoms with Gasteiger partial charge in [0.1, 0.15) is 0 Å². The Morgan fingerprint density at radius 1 is 1.14 bits per heavy atom. The van der Waals surface area contributed by atoms with Crippen LogP contribution in [0.15, 0.2) is 61.0 Å². The molecule has 2 rings (SSSR count). The molecule has 0 N–H and O–H groups in total. The third-order valence-electron chi connectivity index (χ3n) is 3.40. The average Bonchev–Trinajstić information content (AvgIpc) is 2.58. The molecule has 0 aliphatic heterocycles. The van der Waals surface area contributed by atoms with Gasteiger partial charge in [-0.15, -0.1) is 5.92 Å². The molecule has 0 amide bonds. The predicted molar refractivity (Wildman–Crippen MR) is 95.3 cm³/mol. The summed E-state index contributed by atoms with van der Waals surface area (Å²) in [6, 6.07) is 10.6. The molecule has 2 aromatic rings. The summed E-state index contributed by atoms with van der Waals surface area (Å²) in [7, 11) is 0. The maximum Gasteiger partial charge on any atom is 0.0346 e. The lowest BCUT2D eigenvalue weighted by Crippen LogP contribution is -1.89. The first kappa shape index (κ1) is 15.8. The molecule has 1 aromatic carbocycles. The lowest BCUT2D eigenvalue weighted by Gasteiger charge is -2.07. The van der Waals surface area contributed by atoms with Gasteiger partial charge in [-0.2, -0.15) is 0 Å². The molecule has 0 saturated heterocycles. The molecule has 0 saturated carbocycles. The van der Waals surface area contributed by atoms with Crippen molar-refractivity contribution < 1.29 is 0 Å². The van der Waals surface area contributed by atoms with Gasteiger partial charge in [0, 0.05) is 24.4 Å². The van der Waals surface area contributed by atoms with Gasteiger partial charge in [0.05, 0.1) is 0 Å². The molecule has 0 bridgehead atoms. The topological polar surface area (TPSA) is 12.9 Å². The Balaban J connectivity index is 2.35. The van der Waals surface area contributed by atoms with Crippen LogP contribution in [0, 0.1) is 11.8 Å². The largest absolute Gasteiger partial charge is 0.264 e. The Bertz CT molecular complexity index is 713. The van der Waals surface area contributed by atoms with E-state index in [0.29, 0.717) is 0 Å². The third kappa shape index (κ3) is 4.46. The summed E-state index contributed by atoms with van der Waals surface area (Å²) in [4.78, 5) is 4.20. The van der Waals surface area contributed by atoms with Gasteiger partial charge >= 0.3 is 0 Å². The smallest absolute Gasteiger partial charge is 0.0346 e. The Morgan fingerprint density at radius 2 is 2.05 bits per heavy atom. The van der Waals surface area contributed by atoms with Crippen molar-refractivity contribution in [3.8, 4) is 23.0 Å². The van der Waals surface area contributed by atoms with Crippen LogP contribution in [0.2, 0.25) is 0 Å². The second kappa shape index (κ2) is 8.64. The summed E-state index contributed by atoms with van der Waals surface area (Å²) < 4.78 is 0. The first-order valence-electron chi connectivity index (χ1n) is 7.55. The molecule has 0 fully saturated rings. The van der Waals surface area contributed by atoms with E-state index in [-0.39, 0.29) is 0 Å². The van der Waals surface area contributed by atoms with Crippen molar-refractivity contribution in [3.05, 3.63) is 72.1 Å². The molecule has 0 radical (unpaired) electrons. The molecule has 1 nitrogen and oxygen atoms in total. The Labute approximate surface area is 133 Å². The van der Waals surface area contributed by atoms with E-state index in [1.54, 1.807) is 6.20 Å². The monoisotopic (exact) mass is 287 g/mol. The molecule has 110 valence electrons. The highest BCUT2D eigenvalue weighted by Gasteiger charge is 2.03. The first-order chi connectivity index (χ1) is 10.8. The van der Waals surface area contributed by atoms with Crippen molar-refractivity contribution in [3.63, 3.8) is 0 Å². The highest BCUT2D eigenvalue weighted by atomic mass is 14.6. The fourth-order valence-corrected chi connectivity index (χ4v) is 2.22. The van der Waals surface area contributed by atoms with Crippen molar-refractivity contribution in [2.24, 2.45) is 0 Å². The van der Waals surface area contributed by atoms with Crippen molar-refractivity contribution in [1.29, 1.82) is 0 Å². The van der Waals surface area contributed by atoms with Crippen LogP contribution in [0.5, 0.6) is 0 Å². The molecular weight excluding hydrogens is 266 g/mol. The van der Waals surface area contributed by atoms with Gasteiger partial charge < -0.3 is 0 Å². The van der Waals surface area contributed by atoms with Crippen LogP contribution in [0.1, 0.15) is 31.4 Å². The molecule has 0 unspecified atom stereocenters. The first-order valence-corrected chi connectivity index (χ1v) is 7.55. The van der Waals surface area contributed by atoms with Crippen molar-refractivity contribution >= 4 is 6.08 Å². The van der Waals surface area contributed by atoms with Crippen LogP contribution in [-0.2, 0) is 6.42 Å². The van der Waals surface area contributed by atoms with E-state index in [0.717, 1.165) is 18.4 Å². The van der Waals surface area contributed by atoms with E-state index < -0.39 is 0 Å². The maximum atomic E-state index is 4.20.